The molecule has 2 aliphatic heterocycles. The molecule has 0 radical (unpaired) electrons. The van der Waals surface area contributed by atoms with Crippen molar-refractivity contribution in [1.82, 2.24) is 19.7 Å². The molecule has 2 atom stereocenters. The number of rotatable bonds is 8. The summed E-state index contributed by atoms with van der Waals surface area (Å²) >= 11 is 6.43. The summed E-state index contributed by atoms with van der Waals surface area (Å²) in [6.45, 7) is 1.82. The molecule has 0 spiro atoms. The lowest BCUT2D eigenvalue weighted by molar-refractivity contribution is -0.171. The first-order valence-corrected chi connectivity index (χ1v) is 14.3. The van der Waals surface area contributed by atoms with Gasteiger partial charge in [-0.05, 0) is 74.8 Å². The maximum atomic E-state index is 6.43. The molecule has 0 amide bonds. The van der Waals surface area contributed by atoms with Crippen LogP contribution < -0.4 is 4.74 Å². The second kappa shape index (κ2) is 12.1. The second-order valence-corrected chi connectivity index (χ2v) is 10.8. The van der Waals surface area contributed by atoms with Crippen LogP contribution in [0.4, 0.5) is 0 Å². The minimum Gasteiger partial charge on any atom is -0.474 e. The van der Waals surface area contributed by atoms with Crippen LogP contribution in [0.5, 0.6) is 5.88 Å². The van der Waals surface area contributed by atoms with Crippen LogP contribution in [0.1, 0.15) is 68.1 Å². The van der Waals surface area contributed by atoms with Crippen molar-refractivity contribution in [2.24, 2.45) is 0 Å². The van der Waals surface area contributed by atoms with Crippen LogP contribution in [0.2, 0.25) is 5.02 Å². The highest BCUT2D eigenvalue weighted by Crippen LogP contribution is 2.37. The fourth-order valence-corrected chi connectivity index (χ4v) is 6.02. The Hall–Kier alpha value is -2.52. The lowest BCUT2D eigenvalue weighted by Gasteiger charge is -2.28. The van der Waals surface area contributed by atoms with E-state index in [9.17, 15) is 0 Å². The van der Waals surface area contributed by atoms with Crippen LogP contribution in [-0.4, -0.2) is 58.1 Å². The highest BCUT2D eigenvalue weighted by molar-refractivity contribution is 6.30. The molecule has 4 heterocycles. The van der Waals surface area contributed by atoms with E-state index in [0.29, 0.717) is 31.4 Å². The summed E-state index contributed by atoms with van der Waals surface area (Å²) in [6, 6.07) is 11.9. The van der Waals surface area contributed by atoms with Gasteiger partial charge in [-0.25, -0.2) is 4.98 Å². The van der Waals surface area contributed by atoms with Gasteiger partial charge >= 0.3 is 0 Å². The summed E-state index contributed by atoms with van der Waals surface area (Å²) in [4.78, 5) is 4.31. The third kappa shape index (κ3) is 6.04. The van der Waals surface area contributed by atoms with Gasteiger partial charge in [-0.2, -0.15) is 0 Å². The molecule has 1 aliphatic carbocycles. The first-order valence-electron chi connectivity index (χ1n) is 13.9. The summed E-state index contributed by atoms with van der Waals surface area (Å²) in [7, 11) is 0. The summed E-state index contributed by atoms with van der Waals surface area (Å²) in [5, 5.41) is 10.1. The molecule has 1 saturated heterocycles. The Labute approximate surface area is 228 Å². The number of aromatic nitrogens is 4. The molecule has 2 unspecified atom stereocenters. The molecule has 3 aromatic rings. The number of halogens is 1. The van der Waals surface area contributed by atoms with E-state index in [2.05, 4.69) is 26.8 Å². The van der Waals surface area contributed by atoms with E-state index in [-0.39, 0.29) is 18.5 Å². The largest absolute Gasteiger partial charge is 0.474 e. The molecule has 8 nitrogen and oxygen atoms in total. The van der Waals surface area contributed by atoms with E-state index >= 15 is 0 Å². The summed E-state index contributed by atoms with van der Waals surface area (Å²) in [6.07, 6.45) is 10.4. The highest BCUT2D eigenvalue weighted by atomic mass is 35.5. The van der Waals surface area contributed by atoms with Crippen LogP contribution in [0.3, 0.4) is 0 Å². The molecular weight excluding hydrogens is 504 g/mol. The van der Waals surface area contributed by atoms with Crippen molar-refractivity contribution in [3.8, 4) is 11.6 Å². The number of nitrogens with zero attached hydrogens (tertiary/aromatic N) is 4. The average Bonchev–Trinajstić information content (AvgIpc) is 3.29. The number of hydrogen-bond donors (Lipinski definition) is 0. The number of fused-ring (bicyclic) bond motifs is 3. The highest BCUT2D eigenvalue weighted by Gasteiger charge is 2.32. The van der Waals surface area contributed by atoms with Crippen molar-refractivity contribution >= 4 is 11.6 Å². The van der Waals surface area contributed by atoms with Crippen LogP contribution in [-0.2, 0) is 27.1 Å². The van der Waals surface area contributed by atoms with E-state index in [1.54, 1.807) is 6.20 Å². The van der Waals surface area contributed by atoms with Gasteiger partial charge in [-0.1, -0.05) is 17.7 Å². The Balaban J connectivity index is 1.13. The lowest BCUT2D eigenvalue weighted by Crippen LogP contribution is -2.26. The third-order valence-corrected chi connectivity index (χ3v) is 7.97. The quantitative estimate of drug-likeness (QED) is 0.353. The Bertz CT molecular complexity index is 1190. The first kappa shape index (κ1) is 25.7. The van der Waals surface area contributed by atoms with Crippen LogP contribution in [0, 0.1) is 0 Å². The molecule has 1 aromatic carbocycles. The van der Waals surface area contributed by atoms with Gasteiger partial charge in [0.15, 0.2) is 6.29 Å². The fraction of sp³-hybridized carbons (Fsp3) is 0.552. The summed E-state index contributed by atoms with van der Waals surface area (Å²) in [5.41, 5.74) is 2.26. The maximum absolute atomic E-state index is 6.43. The van der Waals surface area contributed by atoms with Gasteiger partial charge in [-0.3, -0.25) is 4.57 Å². The van der Waals surface area contributed by atoms with Gasteiger partial charge in [0, 0.05) is 42.7 Å². The molecule has 0 N–H and O–H groups in total. The number of pyridine rings is 1. The van der Waals surface area contributed by atoms with Gasteiger partial charge in [0.2, 0.25) is 5.88 Å². The van der Waals surface area contributed by atoms with Crippen LogP contribution in [0.25, 0.3) is 5.69 Å². The predicted octanol–water partition coefficient (Wildman–Crippen LogP) is 5.45. The molecule has 3 aliphatic rings. The minimum atomic E-state index is -0.101. The van der Waals surface area contributed by atoms with Crippen LogP contribution >= 0.6 is 11.6 Å². The second-order valence-electron chi connectivity index (χ2n) is 10.4. The topological polar surface area (TPSA) is 80.5 Å². The van der Waals surface area contributed by atoms with Gasteiger partial charge in [-0.15, -0.1) is 10.2 Å². The summed E-state index contributed by atoms with van der Waals surface area (Å²) < 4.78 is 26.2. The minimum absolute atomic E-state index is 0.0242. The molecular formula is C29H35ClN4O4. The zero-order chi connectivity index (χ0) is 25.7. The van der Waals surface area contributed by atoms with Gasteiger partial charge in [0.05, 0.1) is 25.0 Å². The van der Waals surface area contributed by atoms with E-state index in [4.69, 9.17) is 35.6 Å². The van der Waals surface area contributed by atoms with Crippen molar-refractivity contribution < 1.29 is 18.9 Å². The maximum Gasteiger partial charge on any atom is 0.213 e. The standard InChI is InChI=1S/C29H35ClN4O4/c30-22-9-12-25-21(17-22)18-24(35-15-16-37-28-6-2-4-14-36-28)19-26-32-33-29(34(25)26)20-7-10-23(11-8-20)38-27-5-1-3-13-31-27/h1,3,5,9,12-13,17,20,23-24,28H,2,4,6-8,10-11,14-16,18-19H2/t20-,23-,24?,28?. The van der Waals surface area contributed by atoms with E-state index in [0.717, 1.165) is 85.9 Å². The zero-order valence-corrected chi connectivity index (χ0v) is 22.4. The van der Waals surface area contributed by atoms with Crippen LogP contribution in [0.15, 0.2) is 42.6 Å². The third-order valence-electron chi connectivity index (χ3n) is 7.74. The average molecular weight is 539 g/mol. The SMILES string of the molecule is Clc1ccc2c(c1)CC(OCCOC1CCCCO1)Cc1nnc([C@H]3CC[C@H](Oc4ccccn4)CC3)n1-2. The summed E-state index contributed by atoms with van der Waals surface area (Å²) in [5.74, 6) is 2.98. The van der Waals surface area contributed by atoms with E-state index < -0.39 is 0 Å². The monoisotopic (exact) mass is 538 g/mol. The van der Waals surface area contributed by atoms with Crippen molar-refractivity contribution in [2.75, 3.05) is 19.8 Å². The van der Waals surface area contributed by atoms with Gasteiger partial charge in [0.25, 0.3) is 0 Å². The first-order chi connectivity index (χ1) is 18.7. The Morgan fingerprint density at radius 3 is 2.63 bits per heavy atom. The molecule has 0 bridgehead atoms. The van der Waals surface area contributed by atoms with Crippen molar-refractivity contribution in [1.29, 1.82) is 0 Å². The fourth-order valence-electron chi connectivity index (χ4n) is 5.83. The predicted molar refractivity (Wildman–Crippen MR) is 143 cm³/mol. The van der Waals surface area contributed by atoms with Crippen molar-refractivity contribution in [2.45, 2.75) is 82.2 Å². The molecule has 6 rings (SSSR count). The smallest absolute Gasteiger partial charge is 0.213 e. The Morgan fingerprint density at radius 1 is 0.921 bits per heavy atom. The van der Waals surface area contributed by atoms with Gasteiger partial charge in [0.1, 0.15) is 17.8 Å². The zero-order valence-electron chi connectivity index (χ0n) is 21.6. The lowest BCUT2D eigenvalue weighted by atomic mass is 9.86. The van der Waals surface area contributed by atoms with Crippen molar-refractivity contribution in [3.63, 3.8) is 0 Å². The molecule has 9 heteroatoms. The van der Waals surface area contributed by atoms with Gasteiger partial charge < -0.3 is 18.9 Å². The van der Waals surface area contributed by atoms with Crippen molar-refractivity contribution in [3.05, 3.63) is 64.8 Å². The molecule has 2 fully saturated rings. The van der Waals surface area contributed by atoms with E-state index in [1.807, 2.05) is 24.3 Å². The Morgan fingerprint density at radius 2 is 1.82 bits per heavy atom. The number of ether oxygens (including phenoxy) is 4. The molecule has 38 heavy (non-hydrogen) atoms. The molecule has 1 saturated carbocycles. The van der Waals surface area contributed by atoms with E-state index in [1.165, 1.54) is 0 Å². The molecule has 202 valence electrons. The molecule has 2 aromatic heterocycles. The normalized spacial score (nSPS) is 25.3. The number of benzene rings is 1. The Kier molecular flexibility index (Phi) is 8.21. The number of hydrogen-bond acceptors (Lipinski definition) is 7.